The Hall–Kier alpha value is -2.26. The van der Waals surface area contributed by atoms with Crippen molar-refractivity contribution in [2.24, 2.45) is 5.92 Å². The molecule has 0 saturated carbocycles. The molecule has 0 aliphatic carbocycles. The Balaban J connectivity index is 1.32. The van der Waals surface area contributed by atoms with E-state index in [1.165, 1.54) is 12.8 Å². The zero-order valence-electron chi connectivity index (χ0n) is 17.2. The van der Waals surface area contributed by atoms with Crippen LogP contribution in [0, 0.1) is 5.92 Å². The number of piperidine rings is 1. The molecular weight excluding hydrogens is 402 g/mol. The molecule has 8 nitrogen and oxygen atoms in total. The van der Waals surface area contributed by atoms with Gasteiger partial charge in [-0.2, -0.15) is 0 Å². The van der Waals surface area contributed by atoms with Crippen LogP contribution in [0.25, 0.3) is 11.5 Å². The second-order valence-corrected chi connectivity index (χ2v) is 9.09. The third-order valence-corrected chi connectivity index (χ3v) is 6.85. The minimum Gasteiger partial charge on any atom is -0.461 e. The van der Waals surface area contributed by atoms with Gasteiger partial charge in [-0.15, -0.1) is 10.2 Å². The lowest BCUT2D eigenvalue weighted by atomic mass is 10.00. The van der Waals surface area contributed by atoms with Crippen LogP contribution in [-0.2, 0) is 17.0 Å². The molecule has 1 atom stereocenters. The van der Waals surface area contributed by atoms with Crippen molar-refractivity contribution in [2.75, 3.05) is 24.6 Å². The van der Waals surface area contributed by atoms with E-state index < -0.39 is 0 Å². The Bertz CT molecular complexity index is 940. The van der Waals surface area contributed by atoms with E-state index in [1.54, 1.807) is 18.0 Å². The summed E-state index contributed by atoms with van der Waals surface area (Å²) in [5, 5.41) is 14.2. The molecule has 2 aliphatic rings. The number of furan rings is 1. The van der Waals surface area contributed by atoms with Crippen LogP contribution in [0.3, 0.4) is 0 Å². The SMILES string of the molecule is CC1CCN(c2nnc(SCc3cc(-c4ccco4)on3)n2C[C@@H]2CCCO2)CC1. The van der Waals surface area contributed by atoms with Crippen molar-refractivity contribution >= 4 is 17.7 Å². The van der Waals surface area contributed by atoms with E-state index in [1.807, 2.05) is 18.2 Å². The predicted molar refractivity (Wildman–Crippen MR) is 113 cm³/mol. The van der Waals surface area contributed by atoms with Gasteiger partial charge in [-0.25, -0.2) is 0 Å². The van der Waals surface area contributed by atoms with Gasteiger partial charge in [0.2, 0.25) is 11.7 Å². The zero-order chi connectivity index (χ0) is 20.3. The molecule has 9 heteroatoms. The summed E-state index contributed by atoms with van der Waals surface area (Å²) in [5.74, 6) is 3.73. The molecule has 0 bridgehead atoms. The fraction of sp³-hybridized carbons (Fsp3) is 0.571. The molecule has 0 N–H and O–H groups in total. The Morgan fingerprint density at radius 3 is 2.83 bits per heavy atom. The van der Waals surface area contributed by atoms with Gasteiger partial charge in [0.05, 0.1) is 24.6 Å². The number of hydrogen-bond donors (Lipinski definition) is 0. The molecule has 3 aromatic rings. The maximum atomic E-state index is 5.91. The van der Waals surface area contributed by atoms with Crippen molar-refractivity contribution in [1.29, 1.82) is 0 Å². The van der Waals surface area contributed by atoms with Crippen LogP contribution in [0.1, 0.15) is 38.3 Å². The van der Waals surface area contributed by atoms with Crippen molar-refractivity contribution in [3.8, 4) is 11.5 Å². The average molecular weight is 430 g/mol. The number of anilines is 1. The van der Waals surface area contributed by atoms with Crippen LogP contribution in [0.15, 0.2) is 38.6 Å². The molecule has 0 amide bonds. The summed E-state index contributed by atoms with van der Waals surface area (Å²) in [6.45, 7) is 6.04. The molecule has 30 heavy (non-hydrogen) atoms. The van der Waals surface area contributed by atoms with Crippen LogP contribution >= 0.6 is 11.8 Å². The van der Waals surface area contributed by atoms with Gasteiger partial charge in [-0.3, -0.25) is 4.57 Å². The summed E-state index contributed by atoms with van der Waals surface area (Å²) >= 11 is 1.63. The molecule has 2 fully saturated rings. The highest BCUT2D eigenvalue weighted by molar-refractivity contribution is 7.98. The third-order valence-electron chi connectivity index (χ3n) is 5.85. The van der Waals surface area contributed by atoms with Crippen molar-refractivity contribution in [2.45, 2.75) is 56.2 Å². The van der Waals surface area contributed by atoms with E-state index in [9.17, 15) is 0 Å². The van der Waals surface area contributed by atoms with Crippen molar-refractivity contribution in [3.05, 3.63) is 30.2 Å². The largest absolute Gasteiger partial charge is 0.461 e. The van der Waals surface area contributed by atoms with Gasteiger partial charge < -0.3 is 18.6 Å². The molecular formula is C21H27N5O3S. The molecule has 0 unspecified atom stereocenters. The van der Waals surface area contributed by atoms with E-state index in [-0.39, 0.29) is 6.10 Å². The van der Waals surface area contributed by atoms with E-state index in [4.69, 9.17) is 13.7 Å². The smallest absolute Gasteiger partial charge is 0.228 e. The number of nitrogens with zero attached hydrogens (tertiary/aromatic N) is 5. The normalized spacial score (nSPS) is 20.3. The standard InChI is InChI=1S/C21H27N5O3S/c1-15-6-8-25(9-7-15)20-22-23-21(26(20)13-17-4-2-10-27-17)30-14-16-12-19(29-24-16)18-5-3-11-28-18/h3,5,11-12,15,17H,2,4,6-10,13-14H2,1H3/t17-/m0/s1. The van der Waals surface area contributed by atoms with Gasteiger partial charge in [0, 0.05) is 31.5 Å². The van der Waals surface area contributed by atoms with Crippen LogP contribution in [0.4, 0.5) is 5.95 Å². The average Bonchev–Trinajstić information content (AvgIpc) is 3.55. The molecule has 5 rings (SSSR count). The highest BCUT2D eigenvalue weighted by Gasteiger charge is 2.26. The molecule has 0 spiro atoms. The van der Waals surface area contributed by atoms with E-state index in [0.29, 0.717) is 17.3 Å². The van der Waals surface area contributed by atoms with Gasteiger partial charge >= 0.3 is 0 Å². The van der Waals surface area contributed by atoms with E-state index in [0.717, 1.165) is 61.8 Å². The first-order valence-corrected chi connectivity index (χ1v) is 11.7. The number of ether oxygens (including phenoxy) is 1. The zero-order valence-corrected chi connectivity index (χ0v) is 18.0. The minimum atomic E-state index is 0.236. The monoisotopic (exact) mass is 429 g/mol. The first-order valence-electron chi connectivity index (χ1n) is 10.7. The first-order chi connectivity index (χ1) is 14.8. The van der Waals surface area contributed by atoms with Crippen LogP contribution in [0.2, 0.25) is 0 Å². The van der Waals surface area contributed by atoms with Gasteiger partial charge in [0.1, 0.15) is 0 Å². The molecule has 160 valence electrons. The maximum absolute atomic E-state index is 5.91. The number of hydrogen-bond acceptors (Lipinski definition) is 8. The van der Waals surface area contributed by atoms with Crippen LogP contribution in [0.5, 0.6) is 0 Å². The summed E-state index contributed by atoms with van der Waals surface area (Å²) < 4.78 is 18.9. The van der Waals surface area contributed by atoms with Gasteiger partial charge in [0.25, 0.3) is 0 Å². The summed E-state index contributed by atoms with van der Waals surface area (Å²) in [5.41, 5.74) is 0.853. The van der Waals surface area contributed by atoms with Crippen LogP contribution in [-0.4, -0.2) is 45.7 Å². The Labute approximate surface area is 179 Å². The summed E-state index contributed by atoms with van der Waals surface area (Å²) in [6, 6.07) is 5.61. The van der Waals surface area contributed by atoms with Gasteiger partial charge in [-0.05, 0) is 43.7 Å². The van der Waals surface area contributed by atoms with Crippen LogP contribution < -0.4 is 4.90 Å². The maximum Gasteiger partial charge on any atom is 0.228 e. The van der Waals surface area contributed by atoms with Crippen molar-refractivity contribution in [1.82, 2.24) is 19.9 Å². The summed E-state index contributed by atoms with van der Waals surface area (Å²) in [4.78, 5) is 2.37. The highest BCUT2D eigenvalue weighted by Crippen LogP contribution is 2.30. The second kappa shape index (κ2) is 8.85. The van der Waals surface area contributed by atoms with Gasteiger partial charge in [-0.1, -0.05) is 23.8 Å². The summed E-state index contributed by atoms with van der Waals surface area (Å²) in [7, 11) is 0. The van der Waals surface area contributed by atoms with E-state index >= 15 is 0 Å². The van der Waals surface area contributed by atoms with E-state index in [2.05, 4.69) is 31.7 Å². The third kappa shape index (κ3) is 4.27. The molecule has 0 radical (unpaired) electrons. The fourth-order valence-corrected chi connectivity index (χ4v) is 4.86. The number of thioether (sulfide) groups is 1. The molecule has 2 saturated heterocycles. The number of rotatable bonds is 7. The van der Waals surface area contributed by atoms with Gasteiger partial charge in [0.15, 0.2) is 10.9 Å². The highest BCUT2D eigenvalue weighted by atomic mass is 32.2. The lowest BCUT2D eigenvalue weighted by Gasteiger charge is -2.31. The quantitative estimate of drug-likeness (QED) is 0.516. The van der Waals surface area contributed by atoms with Crippen molar-refractivity contribution < 1.29 is 13.7 Å². The molecule has 5 heterocycles. The lowest BCUT2D eigenvalue weighted by molar-refractivity contribution is 0.0951. The Morgan fingerprint density at radius 2 is 2.07 bits per heavy atom. The van der Waals surface area contributed by atoms with Crippen molar-refractivity contribution in [3.63, 3.8) is 0 Å². The second-order valence-electron chi connectivity index (χ2n) is 8.15. The molecule has 2 aliphatic heterocycles. The lowest BCUT2D eigenvalue weighted by Crippen LogP contribution is -2.35. The minimum absolute atomic E-state index is 0.236. The number of aromatic nitrogens is 4. The summed E-state index contributed by atoms with van der Waals surface area (Å²) in [6.07, 6.45) is 6.48. The fourth-order valence-electron chi connectivity index (χ4n) is 4.04. The first kappa shape index (κ1) is 19.7. The Kier molecular flexibility index (Phi) is 5.81. The molecule has 0 aromatic carbocycles. The topological polar surface area (TPSA) is 82.4 Å². The predicted octanol–water partition coefficient (Wildman–Crippen LogP) is 4.23. The Morgan fingerprint density at radius 1 is 1.17 bits per heavy atom. The molecule has 3 aromatic heterocycles.